The highest BCUT2D eigenvalue weighted by molar-refractivity contribution is 6.32. The number of amides is 1. The lowest BCUT2D eigenvalue weighted by Gasteiger charge is -2.03. The quantitative estimate of drug-likeness (QED) is 0.530. The zero-order chi connectivity index (χ0) is 18.7. The average Bonchev–Trinajstić information content (AvgIpc) is 2.90. The molecule has 0 saturated heterocycles. The summed E-state index contributed by atoms with van der Waals surface area (Å²) in [4.78, 5) is 12.0. The Morgan fingerprint density at radius 3 is 2.73 bits per heavy atom. The van der Waals surface area contributed by atoms with Crippen molar-refractivity contribution in [3.8, 4) is 5.69 Å². The molecular weight excluding hydrogens is 378 g/mol. The first-order valence-electron chi connectivity index (χ1n) is 7.56. The van der Waals surface area contributed by atoms with E-state index in [1.807, 2.05) is 6.07 Å². The molecule has 0 bridgehead atoms. The Hall–Kier alpha value is -2.70. The molecule has 0 radical (unpaired) electrons. The molecule has 3 rings (SSSR count). The molecule has 8 heteroatoms. The maximum Gasteiger partial charge on any atom is 0.274 e. The summed E-state index contributed by atoms with van der Waals surface area (Å²) in [5, 5.41) is 9.07. The van der Waals surface area contributed by atoms with Crippen molar-refractivity contribution >= 4 is 35.3 Å². The van der Waals surface area contributed by atoms with Crippen LogP contribution in [0.5, 0.6) is 0 Å². The monoisotopic (exact) mass is 390 g/mol. The highest BCUT2D eigenvalue weighted by atomic mass is 35.5. The molecule has 1 aromatic heterocycles. The molecule has 0 aliphatic rings. The largest absolute Gasteiger partial charge is 0.274 e. The van der Waals surface area contributed by atoms with Crippen molar-refractivity contribution in [2.24, 2.45) is 5.10 Å². The number of halogens is 3. The SMILES string of the molecule is Cc1nn(-c2cccc(Cl)c2)c(Cl)c1/C=N\NC(=O)c1ccccc1F. The second kappa shape index (κ2) is 7.68. The van der Waals surface area contributed by atoms with Gasteiger partial charge in [0.25, 0.3) is 5.91 Å². The molecule has 1 N–H and O–H groups in total. The second-order valence-corrected chi connectivity index (χ2v) is 6.15. The van der Waals surface area contributed by atoms with Crippen molar-refractivity contribution < 1.29 is 9.18 Å². The Labute approximate surface area is 159 Å². The van der Waals surface area contributed by atoms with Gasteiger partial charge in [0.15, 0.2) is 0 Å². The molecule has 3 aromatic rings. The zero-order valence-electron chi connectivity index (χ0n) is 13.6. The standard InChI is InChI=1S/C18H13Cl2FN4O/c1-11-15(10-22-23-18(26)14-7-2-3-8-16(14)21)17(20)25(24-11)13-6-4-5-12(19)9-13/h2-10H,1H3,(H,23,26)/b22-10-. The normalized spacial score (nSPS) is 11.1. The van der Waals surface area contributed by atoms with Crippen molar-refractivity contribution in [1.82, 2.24) is 15.2 Å². The first-order chi connectivity index (χ1) is 12.5. The van der Waals surface area contributed by atoms with Crippen molar-refractivity contribution in [2.75, 3.05) is 0 Å². The molecule has 2 aromatic carbocycles. The summed E-state index contributed by atoms with van der Waals surface area (Å²) in [5.74, 6) is -1.28. The van der Waals surface area contributed by atoms with E-state index < -0.39 is 11.7 Å². The molecule has 1 heterocycles. The minimum Gasteiger partial charge on any atom is -0.267 e. The molecule has 132 valence electrons. The fourth-order valence-electron chi connectivity index (χ4n) is 2.30. The van der Waals surface area contributed by atoms with Gasteiger partial charge in [-0.2, -0.15) is 10.2 Å². The van der Waals surface area contributed by atoms with E-state index in [-0.39, 0.29) is 5.56 Å². The predicted octanol–water partition coefficient (Wildman–Crippen LogP) is 4.39. The third-order valence-electron chi connectivity index (χ3n) is 3.58. The zero-order valence-corrected chi connectivity index (χ0v) is 15.1. The smallest absolute Gasteiger partial charge is 0.267 e. The number of carbonyl (C=O) groups is 1. The van der Waals surface area contributed by atoms with Crippen LogP contribution < -0.4 is 5.43 Å². The van der Waals surface area contributed by atoms with E-state index in [4.69, 9.17) is 23.2 Å². The summed E-state index contributed by atoms with van der Waals surface area (Å²) in [7, 11) is 0. The summed E-state index contributed by atoms with van der Waals surface area (Å²) < 4.78 is 15.1. The topological polar surface area (TPSA) is 59.3 Å². The summed E-state index contributed by atoms with van der Waals surface area (Å²) in [6, 6.07) is 12.7. The number of rotatable bonds is 4. The van der Waals surface area contributed by atoms with E-state index in [2.05, 4.69) is 15.6 Å². The van der Waals surface area contributed by atoms with Gasteiger partial charge in [-0.25, -0.2) is 14.5 Å². The minimum atomic E-state index is -0.657. The molecule has 1 amide bonds. The van der Waals surface area contributed by atoms with Crippen molar-refractivity contribution in [2.45, 2.75) is 6.92 Å². The van der Waals surface area contributed by atoms with Crippen LogP contribution in [0, 0.1) is 12.7 Å². The van der Waals surface area contributed by atoms with Gasteiger partial charge in [0, 0.05) is 5.02 Å². The van der Waals surface area contributed by atoms with Gasteiger partial charge in [0.05, 0.1) is 28.7 Å². The van der Waals surface area contributed by atoms with E-state index in [9.17, 15) is 9.18 Å². The number of carbonyl (C=O) groups excluding carboxylic acids is 1. The molecule has 0 fully saturated rings. The van der Waals surface area contributed by atoms with E-state index in [1.165, 1.54) is 29.1 Å². The fourth-order valence-corrected chi connectivity index (χ4v) is 2.80. The van der Waals surface area contributed by atoms with Crippen molar-refractivity contribution in [3.05, 3.63) is 81.3 Å². The van der Waals surface area contributed by atoms with Crippen LogP contribution in [0.1, 0.15) is 21.6 Å². The Balaban J connectivity index is 1.81. The van der Waals surface area contributed by atoms with Crippen LogP contribution in [-0.2, 0) is 0 Å². The Morgan fingerprint density at radius 1 is 1.23 bits per heavy atom. The van der Waals surface area contributed by atoms with Crippen molar-refractivity contribution in [1.29, 1.82) is 0 Å². The molecular formula is C18H13Cl2FN4O. The molecule has 0 saturated carbocycles. The highest BCUT2D eigenvalue weighted by Crippen LogP contribution is 2.23. The fraction of sp³-hybridized carbons (Fsp3) is 0.0556. The van der Waals surface area contributed by atoms with Gasteiger partial charge >= 0.3 is 0 Å². The van der Waals surface area contributed by atoms with Crippen LogP contribution in [-0.4, -0.2) is 21.9 Å². The number of nitrogens with one attached hydrogen (secondary N) is 1. The number of hydrazone groups is 1. The van der Waals surface area contributed by atoms with Gasteiger partial charge in [-0.3, -0.25) is 4.79 Å². The van der Waals surface area contributed by atoms with Crippen LogP contribution in [0.4, 0.5) is 4.39 Å². The van der Waals surface area contributed by atoms with Gasteiger partial charge in [0.1, 0.15) is 11.0 Å². The summed E-state index contributed by atoms with van der Waals surface area (Å²) in [5.41, 5.74) is 4.01. The van der Waals surface area contributed by atoms with E-state index in [0.29, 0.717) is 27.1 Å². The molecule has 5 nitrogen and oxygen atoms in total. The number of hydrogen-bond donors (Lipinski definition) is 1. The molecule has 0 unspecified atom stereocenters. The number of aryl methyl sites for hydroxylation is 1. The van der Waals surface area contributed by atoms with Gasteiger partial charge in [-0.15, -0.1) is 0 Å². The van der Waals surface area contributed by atoms with Gasteiger partial charge in [-0.1, -0.05) is 41.4 Å². The Kier molecular flexibility index (Phi) is 5.35. The van der Waals surface area contributed by atoms with E-state index in [1.54, 1.807) is 31.2 Å². The lowest BCUT2D eigenvalue weighted by Crippen LogP contribution is -2.19. The van der Waals surface area contributed by atoms with Crippen molar-refractivity contribution in [3.63, 3.8) is 0 Å². The number of aromatic nitrogens is 2. The summed E-state index contributed by atoms with van der Waals surface area (Å²) in [6.07, 6.45) is 1.37. The third kappa shape index (κ3) is 3.76. The number of nitrogens with zero attached hydrogens (tertiary/aromatic N) is 3. The summed E-state index contributed by atoms with van der Waals surface area (Å²) >= 11 is 12.4. The lowest BCUT2D eigenvalue weighted by molar-refractivity contribution is 0.0951. The van der Waals surface area contributed by atoms with Gasteiger partial charge in [-0.05, 0) is 37.3 Å². The molecule has 0 spiro atoms. The van der Waals surface area contributed by atoms with Crippen LogP contribution in [0.3, 0.4) is 0 Å². The maximum absolute atomic E-state index is 13.6. The van der Waals surface area contributed by atoms with E-state index in [0.717, 1.165) is 0 Å². The molecule has 26 heavy (non-hydrogen) atoms. The first-order valence-corrected chi connectivity index (χ1v) is 8.32. The molecule has 0 aliphatic heterocycles. The third-order valence-corrected chi connectivity index (χ3v) is 4.18. The van der Waals surface area contributed by atoms with Gasteiger partial charge < -0.3 is 0 Å². The lowest BCUT2D eigenvalue weighted by atomic mass is 10.2. The van der Waals surface area contributed by atoms with Crippen LogP contribution in [0.15, 0.2) is 53.6 Å². The minimum absolute atomic E-state index is 0.0953. The Bertz CT molecular complexity index is 1000. The predicted molar refractivity (Wildman–Crippen MR) is 99.8 cm³/mol. The Morgan fingerprint density at radius 2 is 2.00 bits per heavy atom. The second-order valence-electron chi connectivity index (χ2n) is 5.36. The first kappa shape index (κ1) is 18.1. The molecule has 0 atom stereocenters. The number of hydrogen-bond acceptors (Lipinski definition) is 3. The number of benzene rings is 2. The average molecular weight is 391 g/mol. The molecule has 0 aliphatic carbocycles. The maximum atomic E-state index is 13.6. The van der Waals surface area contributed by atoms with Crippen LogP contribution in [0.25, 0.3) is 5.69 Å². The van der Waals surface area contributed by atoms with E-state index >= 15 is 0 Å². The highest BCUT2D eigenvalue weighted by Gasteiger charge is 2.14. The summed E-state index contributed by atoms with van der Waals surface area (Å²) in [6.45, 7) is 1.76. The van der Waals surface area contributed by atoms with Crippen LogP contribution in [0.2, 0.25) is 10.2 Å². The van der Waals surface area contributed by atoms with Gasteiger partial charge in [0.2, 0.25) is 0 Å². The van der Waals surface area contributed by atoms with Crippen LogP contribution >= 0.6 is 23.2 Å².